The van der Waals surface area contributed by atoms with E-state index in [0.29, 0.717) is 10.9 Å². The molecule has 25 heavy (non-hydrogen) atoms. The molecule has 0 atom stereocenters. The molecular weight excluding hydrogens is 326 g/mol. The number of amides is 3. The fourth-order valence-corrected chi connectivity index (χ4v) is 2.63. The number of carbonyl (C=O) groups excluding carboxylic acids is 2. The number of urea groups is 1. The minimum absolute atomic E-state index is 0.105. The number of nitrogens with one attached hydrogen (secondary N) is 2. The monoisotopic (exact) mass is 340 g/mol. The number of rotatable bonds is 4. The molecule has 0 saturated carbocycles. The molecule has 0 spiro atoms. The number of hydrogen-bond acceptors (Lipinski definition) is 5. The number of nitrogens with two attached hydrogens (primary N) is 2. The second-order valence-corrected chi connectivity index (χ2v) is 5.31. The third-order valence-electron chi connectivity index (χ3n) is 3.71. The number of hydrogen-bond donors (Lipinski definition) is 5. The van der Waals surface area contributed by atoms with Gasteiger partial charge in [0.1, 0.15) is 5.82 Å². The summed E-state index contributed by atoms with van der Waals surface area (Å²) in [6, 6.07) is 10.7. The summed E-state index contributed by atoms with van der Waals surface area (Å²) in [6.45, 7) is 0. The molecule has 0 radical (unpaired) electrons. The first-order valence-corrected chi connectivity index (χ1v) is 7.15. The van der Waals surface area contributed by atoms with Crippen molar-refractivity contribution < 1.29 is 14.8 Å². The van der Waals surface area contributed by atoms with Gasteiger partial charge >= 0.3 is 6.03 Å². The van der Waals surface area contributed by atoms with Crippen molar-refractivity contribution in [1.29, 1.82) is 0 Å². The summed E-state index contributed by atoms with van der Waals surface area (Å²) >= 11 is 0. The first kappa shape index (κ1) is 16.3. The van der Waals surface area contributed by atoms with Crippen molar-refractivity contribution in [3.8, 4) is 11.1 Å². The van der Waals surface area contributed by atoms with Crippen LogP contribution in [0.1, 0.15) is 10.4 Å². The van der Waals surface area contributed by atoms with Gasteiger partial charge in [-0.2, -0.15) is 0 Å². The highest BCUT2D eigenvalue weighted by molar-refractivity contribution is 6.13. The SMILES string of the molecule is NC(=O)Nc1[nH]c2cc(-c3ccc(N([O-])O)cc3)ccc2c1C(N)=O. The first-order chi connectivity index (χ1) is 11.9. The van der Waals surface area contributed by atoms with Crippen LogP contribution in [0.4, 0.5) is 16.3 Å². The van der Waals surface area contributed by atoms with E-state index in [1.54, 1.807) is 30.3 Å². The molecule has 0 aliphatic rings. The Labute approximate surface area is 141 Å². The lowest BCUT2D eigenvalue weighted by Crippen LogP contribution is -2.22. The molecule has 3 rings (SSSR count). The van der Waals surface area contributed by atoms with Crippen molar-refractivity contribution in [2.24, 2.45) is 11.5 Å². The van der Waals surface area contributed by atoms with E-state index in [2.05, 4.69) is 10.3 Å². The number of aromatic amines is 1. The number of fused-ring (bicyclic) bond motifs is 1. The van der Waals surface area contributed by atoms with E-state index >= 15 is 0 Å². The Kier molecular flexibility index (Phi) is 4.01. The minimum Gasteiger partial charge on any atom is -0.733 e. The average molecular weight is 340 g/mol. The fourth-order valence-electron chi connectivity index (χ4n) is 2.63. The number of carbonyl (C=O) groups is 2. The molecule has 0 aliphatic heterocycles. The van der Waals surface area contributed by atoms with E-state index in [1.165, 1.54) is 12.1 Å². The van der Waals surface area contributed by atoms with Crippen LogP contribution < -0.4 is 22.0 Å². The Hall–Kier alpha value is -3.56. The largest absolute Gasteiger partial charge is 0.733 e. The third kappa shape index (κ3) is 3.09. The molecule has 3 amide bonds. The topological polar surface area (TPSA) is 161 Å². The maximum Gasteiger partial charge on any atom is 0.317 e. The van der Waals surface area contributed by atoms with Crippen LogP contribution in [0.2, 0.25) is 0 Å². The van der Waals surface area contributed by atoms with E-state index in [1.807, 2.05) is 0 Å². The predicted molar refractivity (Wildman–Crippen MR) is 93.1 cm³/mol. The molecule has 128 valence electrons. The molecule has 0 aliphatic carbocycles. The molecule has 9 nitrogen and oxygen atoms in total. The number of anilines is 2. The number of benzene rings is 2. The molecule has 0 saturated heterocycles. The van der Waals surface area contributed by atoms with E-state index in [0.717, 1.165) is 11.1 Å². The van der Waals surface area contributed by atoms with Crippen molar-refractivity contribution in [3.05, 3.63) is 53.2 Å². The highest BCUT2D eigenvalue weighted by atomic mass is 16.8. The molecule has 3 aromatic rings. The Balaban J connectivity index is 2.08. The summed E-state index contributed by atoms with van der Waals surface area (Å²) in [5.74, 6) is -0.574. The van der Waals surface area contributed by atoms with Gasteiger partial charge in [0.05, 0.1) is 11.3 Å². The number of H-pyrrole nitrogens is 1. The van der Waals surface area contributed by atoms with Crippen LogP contribution in [-0.4, -0.2) is 22.1 Å². The highest BCUT2D eigenvalue weighted by Crippen LogP contribution is 2.30. The van der Waals surface area contributed by atoms with Gasteiger partial charge in [0.15, 0.2) is 0 Å². The van der Waals surface area contributed by atoms with Crippen LogP contribution >= 0.6 is 0 Å². The van der Waals surface area contributed by atoms with Crippen LogP contribution in [0.3, 0.4) is 0 Å². The maximum atomic E-state index is 11.7. The summed E-state index contributed by atoms with van der Waals surface area (Å²) in [7, 11) is 0. The van der Waals surface area contributed by atoms with Crippen molar-refractivity contribution in [2.75, 3.05) is 10.5 Å². The lowest BCUT2D eigenvalue weighted by atomic mass is 10.0. The van der Waals surface area contributed by atoms with Gasteiger partial charge in [0.25, 0.3) is 5.91 Å². The second kappa shape index (κ2) is 6.15. The number of primary amides is 2. The van der Waals surface area contributed by atoms with Crippen LogP contribution in [0.25, 0.3) is 22.0 Å². The van der Waals surface area contributed by atoms with Gasteiger partial charge < -0.3 is 26.9 Å². The molecule has 7 N–H and O–H groups in total. The summed E-state index contributed by atoms with van der Waals surface area (Å²) in [4.78, 5) is 25.7. The van der Waals surface area contributed by atoms with Gasteiger partial charge in [-0.3, -0.25) is 15.3 Å². The second-order valence-electron chi connectivity index (χ2n) is 5.31. The Morgan fingerprint density at radius 1 is 1.08 bits per heavy atom. The van der Waals surface area contributed by atoms with E-state index in [4.69, 9.17) is 16.7 Å². The molecule has 0 bridgehead atoms. The molecule has 2 aromatic carbocycles. The van der Waals surface area contributed by atoms with Crippen LogP contribution in [0.5, 0.6) is 0 Å². The van der Waals surface area contributed by atoms with E-state index in [9.17, 15) is 14.8 Å². The fraction of sp³-hybridized carbons (Fsp3) is 0. The van der Waals surface area contributed by atoms with Crippen LogP contribution in [-0.2, 0) is 0 Å². The summed E-state index contributed by atoms with van der Waals surface area (Å²) in [6.07, 6.45) is 0. The normalized spacial score (nSPS) is 10.6. The predicted octanol–water partition coefficient (Wildman–Crippen LogP) is 2.12. The van der Waals surface area contributed by atoms with Crippen LogP contribution in [0.15, 0.2) is 42.5 Å². The number of aromatic nitrogens is 1. The van der Waals surface area contributed by atoms with Crippen molar-refractivity contribution in [1.82, 2.24) is 4.98 Å². The third-order valence-corrected chi connectivity index (χ3v) is 3.71. The minimum atomic E-state index is -0.823. The van der Waals surface area contributed by atoms with Crippen molar-refractivity contribution >= 4 is 34.3 Å². The summed E-state index contributed by atoms with van der Waals surface area (Å²) in [5.41, 5.74) is 12.9. The highest BCUT2D eigenvalue weighted by Gasteiger charge is 2.17. The first-order valence-electron chi connectivity index (χ1n) is 7.15. The summed E-state index contributed by atoms with van der Waals surface area (Å²) < 4.78 is 0. The number of nitrogens with zero attached hydrogens (tertiary/aromatic N) is 1. The Morgan fingerprint density at radius 2 is 1.72 bits per heavy atom. The molecule has 1 aromatic heterocycles. The molecular formula is C16H14N5O4-. The quantitative estimate of drug-likeness (QED) is 0.459. The maximum absolute atomic E-state index is 11.7. The van der Waals surface area contributed by atoms with E-state index < -0.39 is 11.9 Å². The average Bonchev–Trinajstić information content (AvgIpc) is 2.91. The van der Waals surface area contributed by atoms with Gasteiger partial charge in [-0.15, -0.1) is 0 Å². The van der Waals surface area contributed by atoms with Gasteiger partial charge in [-0.1, -0.05) is 24.3 Å². The smallest absolute Gasteiger partial charge is 0.317 e. The lowest BCUT2D eigenvalue weighted by molar-refractivity contribution is 0.100. The van der Waals surface area contributed by atoms with Crippen LogP contribution in [0, 0.1) is 5.21 Å². The van der Waals surface area contributed by atoms with Gasteiger partial charge in [-0.05, 0) is 29.3 Å². The van der Waals surface area contributed by atoms with E-state index in [-0.39, 0.29) is 22.3 Å². The Morgan fingerprint density at radius 3 is 2.28 bits per heavy atom. The van der Waals surface area contributed by atoms with Crippen molar-refractivity contribution in [3.63, 3.8) is 0 Å². The zero-order chi connectivity index (χ0) is 18.1. The lowest BCUT2D eigenvalue weighted by Gasteiger charge is -2.21. The molecule has 0 unspecified atom stereocenters. The van der Waals surface area contributed by atoms with Gasteiger partial charge in [-0.25, -0.2) is 4.79 Å². The standard InChI is InChI=1S/C16H14N5O4/c17-14(22)13-11-6-3-9(7-12(11)19-15(13)20-16(18)23)8-1-4-10(5-2-8)21(24)25/h1-7,19,24H,(H2,17,22)(H3,18,20,23)/q-1. The molecule has 1 heterocycles. The van der Waals surface area contributed by atoms with Crippen molar-refractivity contribution in [2.45, 2.75) is 0 Å². The molecule has 0 fully saturated rings. The zero-order valence-electron chi connectivity index (χ0n) is 12.8. The van der Waals surface area contributed by atoms with Gasteiger partial charge in [0.2, 0.25) is 0 Å². The zero-order valence-corrected chi connectivity index (χ0v) is 12.8. The van der Waals surface area contributed by atoms with Gasteiger partial charge in [0, 0.05) is 10.9 Å². The molecule has 9 heteroatoms. The summed E-state index contributed by atoms with van der Waals surface area (Å²) in [5, 5.41) is 22.4. The Bertz CT molecular complexity index is 963.